The number of amides is 1. The lowest BCUT2D eigenvalue weighted by Crippen LogP contribution is -2.43. The number of benzene rings is 3. The number of H-pyrrole nitrogens is 1. The van der Waals surface area contributed by atoms with E-state index in [4.69, 9.17) is 4.99 Å². The maximum absolute atomic E-state index is 13.3. The molecule has 5 aromatic rings. The van der Waals surface area contributed by atoms with E-state index in [1.165, 1.54) is 5.56 Å². The summed E-state index contributed by atoms with van der Waals surface area (Å²) in [5.41, 5.74) is 6.18. The van der Waals surface area contributed by atoms with E-state index in [0.29, 0.717) is 27.7 Å². The van der Waals surface area contributed by atoms with Gasteiger partial charge in [0.1, 0.15) is 0 Å². The minimum atomic E-state index is -0.191. The van der Waals surface area contributed by atoms with Gasteiger partial charge in [-0.05, 0) is 67.6 Å². The van der Waals surface area contributed by atoms with Gasteiger partial charge in [-0.15, -0.1) is 0 Å². The number of piperazine rings is 1. The number of fused-ring (bicyclic) bond motifs is 1. The lowest BCUT2D eigenvalue weighted by atomic mass is 10.00. The maximum Gasteiger partial charge on any atom is 0.251 e. The molecule has 8 nitrogen and oxygen atoms in total. The Morgan fingerprint density at radius 3 is 2.40 bits per heavy atom. The van der Waals surface area contributed by atoms with E-state index in [2.05, 4.69) is 44.3 Å². The molecule has 1 fully saturated rings. The number of pyridine rings is 1. The Bertz CT molecular complexity index is 1720. The van der Waals surface area contributed by atoms with Crippen LogP contribution in [0.25, 0.3) is 10.9 Å². The summed E-state index contributed by atoms with van der Waals surface area (Å²) in [5.74, 6) is -0.198. The Labute approximate surface area is 251 Å². The second-order valence-electron chi connectivity index (χ2n) is 11.2. The summed E-state index contributed by atoms with van der Waals surface area (Å²) < 4.78 is 0. The number of carbonyl (C=O) groups is 1. The first-order valence-electron chi connectivity index (χ1n) is 14.6. The summed E-state index contributed by atoms with van der Waals surface area (Å²) >= 11 is 0. The first-order chi connectivity index (χ1) is 20.9. The number of hydrogen-bond donors (Lipinski definition) is 3. The zero-order chi connectivity index (χ0) is 29.8. The number of hydrogen-bond acceptors (Lipinski definition) is 6. The number of nitrogens with one attached hydrogen (secondary N) is 2. The van der Waals surface area contributed by atoms with E-state index in [0.717, 1.165) is 49.5 Å². The summed E-state index contributed by atoms with van der Waals surface area (Å²) in [7, 11) is 2.16. The number of rotatable bonds is 8. The molecule has 3 N–H and O–H groups in total. The van der Waals surface area contributed by atoms with Crippen molar-refractivity contribution < 1.29 is 9.90 Å². The number of carbonyl (C=O) groups excluding carboxylic acids is 1. The largest absolute Gasteiger partial charge is 0.494 e. The summed E-state index contributed by atoms with van der Waals surface area (Å²) in [6.45, 7) is 7.17. The van der Waals surface area contributed by atoms with Crippen LogP contribution in [0.1, 0.15) is 45.6 Å². The molecule has 1 atom stereocenters. The second-order valence-corrected chi connectivity index (χ2v) is 11.2. The summed E-state index contributed by atoms with van der Waals surface area (Å²) in [5, 5.41) is 14.9. The zero-order valence-electron chi connectivity index (χ0n) is 24.5. The van der Waals surface area contributed by atoms with Gasteiger partial charge in [-0.1, -0.05) is 42.5 Å². The van der Waals surface area contributed by atoms with Crippen molar-refractivity contribution in [2.75, 3.05) is 33.2 Å². The summed E-state index contributed by atoms with van der Waals surface area (Å²) in [4.78, 5) is 30.4. The molecule has 2 aromatic heterocycles. The molecular weight excluding hydrogens is 536 g/mol. The number of aromatic nitrogens is 2. The zero-order valence-corrected chi connectivity index (χ0v) is 24.5. The molecule has 8 heteroatoms. The van der Waals surface area contributed by atoms with Crippen LogP contribution in [-0.2, 0) is 6.54 Å². The fourth-order valence-corrected chi connectivity index (χ4v) is 5.51. The van der Waals surface area contributed by atoms with Gasteiger partial charge >= 0.3 is 0 Å². The molecule has 1 saturated heterocycles. The van der Waals surface area contributed by atoms with E-state index < -0.39 is 0 Å². The van der Waals surface area contributed by atoms with Crippen LogP contribution in [0.15, 0.2) is 102 Å². The van der Waals surface area contributed by atoms with Gasteiger partial charge < -0.3 is 20.3 Å². The molecule has 1 unspecified atom stereocenters. The van der Waals surface area contributed by atoms with Crippen molar-refractivity contribution in [1.82, 2.24) is 25.1 Å². The third-order valence-electron chi connectivity index (χ3n) is 8.06. The molecule has 1 aliphatic heterocycles. The number of likely N-dealkylation sites (N-methyl/N-ethyl adjacent to an activating group) is 1. The average molecular weight is 573 g/mol. The molecule has 6 rings (SSSR count). The highest BCUT2D eigenvalue weighted by Crippen LogP contribution is 2.32. The van der Waals surface area contributed by atoms with Crippen molar-refractivity contribution in [2.45, 2.75) is 19.5 Å². The van der Waals surface area contributed by atoms with Gasteiger partial charge in [-0.25, -0.2) is 4.99 Å². The van der Waals surface area contributed by atoms with Crippen molar-refractivity contribution in [1.29, 1.82) is 0 Å². The van der Waals surface area contributed by atoms with E-state index in [1.54, 1.807) is 18.5 Å². The number of aliphatic imine (C=N–C) groups is 1. The highest BCUT2D eigenvalue weighted by atomic mass is 16.3. The van der Waals surface area contributed by atoms with Gasteiger partial charge in [0.2, 0.25) is 0 Å². The van der Waals surface area contributed by atoms with E-state index >= 15 is 0 Å². The molecule has 3 heterocycles. The first-order valence-corrected chi connectivity index (χ1v) is 14.6. The Balaban J connectivity index is 1.32. The van der Waals surface area contributed by atoms with Crippen molar-refractivity contribution >= 4 is 28.2 Å². The predicted molar refractivity (Wildman–Crippen MR) is 171 cm³/mol. The molecule has 43 heavy (non-hydrogen) atoms. The minimum Gasteiger partial charge on any atom is -0.494 e. The van der Waals surface area contributed by atoms with E-state index in [-0.39, 0.29) is 17.8 Å². The van der Waals surface area contributed by atoms with Crippen molar-refractivity contribution in [3.8, 4) is 5.88 Å². The SMILES string of the molecule is CC(NC(=O)c1ccc2[nH]c(O)c(C(=Nc3ccc(CN4CCN(C)CC4)cc3)c3ccncc3)c2c1)c1ccccc1. The third-order valence-corrected chi connectivity index (χ3v) is 8.06. The topological polar surface area (TPSA) is 96.8 Å². The van der Waals surface area contributed by atoms with Crippen LogP contribution < -0.4 is 5.32 Å². The van der Waals surface area contributed by atoms with Crippen LogP contribution in [0.2, 0.25) is 0 Å². The summed E-state index contributed by atoms with van der Waals surface area (Å²) in [6, 6.07) is 27.1. The van der Waals surface area contributed by atoms with Gasteiger partial charge in [-0.3, -0.25) is 14.7 Å². The van der Waals surface area contributed by atoms with Crippen LogP contribution in [0, 0.1) is 0 Å². The number of aromatic hydroxyl groups is 1. The first kappa shape index (κ1) is 28.3. The minimum absolute atomic E-state index is 0.00698. The summed E-state index contributed by atoms with van der Waals surface area (Å²) in [6.07, 6.45) is 3.42. The molecule has 0 spiro atoms. The Hall–Kier alpha value is -4.79. The molecule has 0 aliphatic carbocycles. The van der Waals surface area contributed by atoms with Gasteiger partial charge in [0.25, 0.3) is 5.91 Å². The van der Waals surface area contributed by atoms with E-state index in [1.807, 2.05) is 73.7 Å². The number of aromatic amines is 1. The van der Waals surface area contributed by atoms with Crippen molar-refractivity contribution in [2.24, 2.45) is 4.99 Å². The third kappa shape index (κ3) is 6.51. The van der Waals surface area contributed by atoms with Crippen LogP contribution in [0.4, 0.5) is 5.69 Å². The van der Waals surface area contributed by atoms with Crippen LogP contribution >= 0.6 is 0 Å². The quantitative estimate of drug-likeness (QED) is 0.208. The smallest absolute Gasteiger partial charge is 0.251 e. The van der Waals surface area contributed by atoms with Crippen LogP contribution in [0.3, 0.4) is 0 Å². The van der Waals surface area contributed by atoms with E-state index in [9.17, 15) is 9.90 Å². The fraction of sp³-hybridized carbons (Fsp3) is 0.229. The number of nitrogens with zero attached hydrogens (tertiary/aromatic N) is 4. The molecule has 0 radical (unpaired) electrons. The molecule has 0 saturated carbocycles. The second kappa shape index (κ2) is 12.6. The lowest BCUT2D eigenvalue weighted by molar-refractivity contribution is 0.0940. The normalized spacial score (nSPS) is 15.4. The fourth-order valence-electron chi connectivity index (χ4n) is 5.51. The molecule has 3 aromatic carbocycles. The molecular formula is C35H36N6O2. The molecule has 1 amide bonds. The van der Waals surface area contributed by atoms with Crippen LogP contribution in [0.5, 0.6) is 5.88 Å². The molecule has 1 aliphatic rings. The van der Waals surface area contributed by atoms with Crippen molar-refractivity contribution in [3.63, 3.8) is 0 Å². The monoisotopic (exact) mass is 572 g/mol. The molecule has 0 bridgehead atoms. The highest BCUT2D eigenvalue weighted by molar-refractivity contribution is 6.22. The van der Waals surface area contributed by atoms with Crippen molar-refractivity contribution in [3.05, 3.63) is 125 Å². The lowest BCUT2D eigenvalue weighted by Gasteiger charge is -2.32. The van der Waals surface area contributed by atoms with Gasteiger partial charge in [0, 0.05) is 67.1 Å². The van der Waals surface area contributed by atoms with Gasteiger partial charge in [-0.2, -0.15) is 0 Å². The van der Waals surface area contributed by atoms with Crippen LogP contribution in [-0.4, -0.2) is 69.7 Å². The Kier molecular flexibility index (Phi) is 8.31. The maximum atomic E-state index is 13.3. The standard InChI is InChI=1S/C35H36N6O2/c1-24(26-6-4-3-5-7-26)37-34(42)28-10-13-31-30(22-28)32(35(43)39-31)33(27-14-16-36-17-15-27)38-29-11-8-25(9-12-29)23-41-20-18-40(2)19-21-41/h3-17,22,24,39,43H,18-21,23H2,1-2H3,(H,37,42). The predicted octanol–water partition coefficient (Wildman–Crippen LogP) is 5.68. The Morgan fingerprint density at radius 1 is 0.953 bits per heavy atom. The highest BCUT2D eigenvalue weighted by Gasteiger charge is 2.21. The molecule has 218 valence electrons. The van der Waals surface area contributed by atoms with Gasteiger partial charge in [0.05, 0.1) is 23.0 Å². The Morgan fingerprint density at radius 2 is 1.67 bits per heavy atom. The van der Waals surface area contributed by atoms with Gasteiger partial charge in [0.15, 0.2) is 5.88 Å². The average Bonchev–Trinajstić information content (AvgIpc) is 3.37.